The van der Waals surface area contributed by atoms with Gasteiger partial charge in [0.2, 0.25) is 11.8 Å². The Labute approximate surface area is 228 Å². The third-order valence-corrected chi connectivity index (χ3v) is 6.34. The van der Waals surface area contributed by atoms with E-state index in [1.807, 2.05) is 0 Å². The number of carbonyl (C=O) groups excluding carboxylic acids is 2. The van der Waals surface area contributed by atoms with Gasteiger partial charge in [-0.15, -0.1) is 10.2 Å². The normalized spacial score (nSPS) is 15.0. The molecule has 4 aromatic rings. The van der Waals surface area contributed by atoms with Crippen molar-refractivity contribution in [3.63, 3.8) is 0 Å². The molecule has 1 aliphatic rings. The Morgan fingerprint density at radius 2 is 1.57 bits per heavy atom. The van der Waals surface area contributed by atoms with Crippen molar-refractivity contribution in [2.45, 2.75) is 5.92 Å². The molecule has 0 spiro atoms. The zero-order chi connectivity index (χ0) is 28.2. The lowest BCUT2D eigenvalue weighted by molar-refractivity contribution is -0.139. The van der Waals surface area contributed by atoms with E-state index in [1.54, 1.807) is 79.1 Å². The smallest absolute Gasteiger partial charge is 0.355 e. The number of pyridine rings is 1. The summed E-state index contributed by atoms with van der Waals surface area (Å²) in [7, 11) is 2.38. The van der Waals surface area contributed by atoms with Crippen LogP contribution in [0.15, 0.2) is 106 Å². The molecule has 2 N–H and O–H groups in total. The average Bonchev–Trinajstić information content (AvgIpc) is 3.51. The number of hydrogen-bond donors (Lipinski definition) is 1. The Bertz CT molecular complexity index is 1690. The molecule has 0 bridgehead atoms. The summed E-state index contributed by atoms with van der Waals surface area (Å²) in [6.45, 7) is 0. The molecule has 0 saturated heterocycles. The fourth-order valence-electron chi connectivity index (χ4n) is 4.56. The molecule has 0 saturated carbocycles. The Kier molecular flexibility index (Phi) is 7.07. The summed E-state index contributed by atoms with van der Waals surface area (Å²) in [4.78, 5) is 32.0. The van der Waals surface area contributed by atoms with Gasteiger partial charge in [-0.25, -0.2) is 9.59 Å². The summed E-state index contributed by atoms with van der Waals surface area (Å²) in [6, 6.07) is 21.1. The predicted molar refractivity (Wildman–Crippen MR) is 143 cm³/mol. The number of nitrogens with two attached hydrogens (primary N) is 1. The number of ether oxygens (including phenoxy) is 2. The van der Waals surface area contributed by atoms with Crippen molar-refractivity contribution in [2.24, 2.45) is 5.73 Å². The van der Waals surface area contributed by atoms with E-state index in [1.165, 1.54) is 19.1 Å². The van der Waals surface area contributed by atoms with Crippen LogP contribution < -0.4 is 10.6 Å². The minimum Gasteiger partial charge on any atom is -0.466 e. The first kappa shape index (κ1) is 25.9. The number of allylic oxidation sites excluding steroid dienone is 1. The minimum absolute atomic E-state index is 0.0389. The number of carbonyl (C=O) groups is 2. The molecule has 0 aliphatic carbocycles. The van der Waals surface area contributed by atoms with E-state index in [2.05, 4.69) is 21.3 Å². The topological polar surface area (TPSA) is 157 Å². The Morgan fingerprint density at radius 1 is 0.925 bits per heavy atom. The summed E-state index contributed by atoms with van der Waals surface area (Å²) in [5.41, 5.74) is 8.27. The van der Waals surface area contributed by atoms with Crippen LogP contribution in [0, 0.1) is 11.3 Å². The van der Waals surface area contributed by atoms with Gasteiger partial charge in [-0.2, -0.15) is 5.26 Å². The fraction of sp³-hybridized carbons (Fsp3) is 0.103. The highest BCUT2D eigenvalue weighted by Gasteiger charge is 2.43. The van der Waals surface area contributed by atoms with Crippen LogP contribution in [-0.4, -0.2) is 41.3 Å². The maximum absolute atomic E-state index is 13.4. The van der Waals surface area contributed by atoms with Crippen molar-refractivity contribution in [3.8, 4) is 29.0 Å². The highest BCUT2D eigenvalue weighted by Crippen LogP contribution is 2.45. The van der Waals surface area contributed by atoms with E-state index in [0.717, 1.165) is 0 Å². The summed E-state index contributed by atoms with van der Waals surface area (Å²) in [5, 5.41) is 18.6. The monoisotopic (exact) mass is 534 g/mol. The molecule has 1 unspecified atom stereocenters. The van der Waals surface area contributed by atoms with Crippen molar-refractivity contribution in [2.75, 3.05) is 19.1 Å². The van der Waals surface area contributed by atoms with Crippen molar-refractivity contribution < 1.29 is 23.5 Å². The van der Waals surface area contributed by atoms with Gasteiger partial charge in [-0.1, -0.05) is 42.5 Å². The molecule has 1 aliphatic heterocycles. The summed E-state index contributed by atoms with van der Waals surface area (Å²) < 4.78 is 16.2. The van der Waals surface area contributed by atoms with Crippen LogP contribution >= 0.6 is 0 Å². The first-order valence-corrected chi connectivity index (χ1v) is 12.0. The van der Waals surface area contributed by atoms with Gasteiger partial charge in [0.25, 0.3) is 0 Å². The van der Waals surface area contributed by atoms with Crippen LogP contribution in [0.5, 0.6) is 0 Å². The molecule has 11 heteroatoms. The number of anilines is 1. The van der Waals surface area contributed by atoms with E-state index in [-0.39, 0.29) is 34.4 Å². The van der Waals surface area contributed by atoms with Gasteiger partial charge in [0.1, 0.15) is 11.5 Å². The van der Waals surface area contributed by atoms with Crippen molar-refractivity contribution in [1.82, 2.24) is 15.2 Å². The lowest BCUT2D eigenvalue weighted by atomic mass is 9.80. The van der Waals surface area contributed by atoms with E-state index >= 15 is 0 Å². The van der Waals surface area contributed by atoms with Crippen LogP contribution in [0.25, 0.3) is 22.9 Å². The molecule has 0 fully saturated rings. The molecule has 0 amide bonds. The number of esters is 2. The second-order valence-electron chi connectivity index (χ2n) is 8.50. The van der Waals surface area contributed by atoms with Crippen LogP contribution in [0.2, 0.25) is 0 Å². The van der Waals surface area contributed by atoms with E-state index in [4.69, 9.17) is 19.6 Å². The molecular formula is C29H22N6O5. The number of para-hydroxylation sites is 1. The highest BCUT2D eigenvalue weighted by molar-refractivity contribution is 6.07. The lowest BCUT2D eigenvalue weighted by Crippen LogP contribution is -2.41. The number of aromatic nitrogens is 3. The second kappa shape index (κ2) is 10.9. The van der Waals surface area contributed by atoms with Crippen molar-refractivity contribution in [3.05, 3.63) is 107 Å². The van der Waals surface area contributed by atoms with Crippen LogP contribution in [0.1, 0.15) is 11.5 Å². The second-order valence-corrected chi connectivity index (χ2v) is 8.50. The van der Waals surface area contributed by atoms with Gasteiger partial charge in [-0.3, -0.25) is 9.88 Å². The van der Waals surface area contributed by atoms with Crippen LogP contribution in [0.4, 0.5) is 5.69 Å². The van der Waals surface area contributed by atoms with E-state index < -0.39 is 17.9 Å². The highest BCUT2D eigenvalue weighted by atomic mass is 16.5. The number of benzene rings is 2. The van der Waals surface area contributed by atoms with Crippen LogP contribution in [0.3, 0.4) is 0 Å². The summed E-state index contributed by atoms with van der Waals surface area (Å²) in [5.74, 6) is -2.39. The average molecular weight is 535 g/mol. The zero-order valence-corrected chi connectivity index (χ0v) is 21.4. The Hall–Kier alpha value is -5.76. The summed E-state index contributed by atoms with van der Waals surface area (Å²) >= 11 is 0. The summed E-state index contributed by atoms with van der Waals surface area (Å²) in [6.07, 6.45) is 3.20. The first-order valence-electron chi connectivity index (χ1n) is 12.0. The van der Waals surface area contributed by atoms with Crippen molar-refractivity contribution in [1.29, 1.82) is 5.26 Å². The SMILES string of the molecule is COC(=O)C1=C(C(=O)OC)N(c2ccccc2-c2nnc(-c3ccncc3)o2)C(N)=C(C#N)C1c1ccccc1. The number of nitrogens with zero attached hydrogens (tertiary/aromatic N) is 5. The molecule has 2 aromatic heterocycles. The van der Waals surface area contributed by atoms with E-state index in [0.29, 0.717) is 22.4 Å². The van der Waals surface area contributed by atoms with Gasteiger partial charge >= 0.3 is 11.9 Å². The van der Waals surface area contributed by atoms with E-state index in [9.17, 15) is 14.9 Å². The molecule has 0 radical (unpaired) electrons. The number of nitriles is 1. The van der Waals surface area contributed by atoms with Gasteiger partial charge < -0.3 is 19.6 Å². The number of hydrogen-bond acceptors (Lipinski definition) is 11. The van der Waals surface area contributed by atoms with Gasteiger partial charge in [0, 0.05) is 18.0 Å². The standard InChI is InChI=1S/C29H22N6O5/c1-38-28(36)23-22(17-8-4-3-5-9-17)20(16-30)25(31)35(24(23)29(37)39-2)21-11-7-6-10-19(21)27-34-33-26(40-27)18-12-14-32-15-13-18/h3-15,22H,31H2,1-2H3. The molecule has 198 valence electrons. The molecule has 40 heavy (non-hydrogen) atoms. The van der Waals surface area contributed by atoms with Crippen molar-refractivity contribution >= 4 is 17.6 Å². The predicted octanol–water partition coefficient (Wildman–Crippen LogP) is 3.70. The maximum atomic E-state index is 13.4. The van der Waals surface area contributed by atoms with Gasteiger partial charge in [0.15, 0.2) is 0 Å². The molecular weight excluding hydrogens is 512 g/mol. The largest absolute Gasteiger partial charge is 0.466 e. The van der Waals surface area contributed by atoms with Crippen LogP contribution in [-0.2, 0) is 19.1 Å². The minimum atomic E-state index is -0.988. The van der Waals surface area contributed by atoms with Gasteiger partial charge in [-0.05, 0) is 29.8 Å². The first-order chi connectivity index (χ1) is 19.5. The third kappa shape index (κ3) is 4.43. The number of methoxy groups -OCH3 is 2. The molecule has 2 aromatic carbocycles. The molecule has 11 nitrogen and oxygen atoms in total. The Morgan fingerprint density at radius 3 is 2.25 bits per heavy atom. The lowest BCUT2D eigenvalue weighted by Gasteiger charge is -2.36. The van der Waals surface area contributed by atoms with Gasteiger partial charge in [0.05, 0.1) is 48.6 Å². The molecule has 5 rings (SSSR count). The third-order valence-electron chi connectivity index (χ3n) is 6.34. The quantitative estimate of drug-likeness (QED) is 0.360. The Balaban J connectivity index is 1.77. The molecule has 1 atom stereocenters. The molecule has 3 heterocycles. The maximum Gasteiger partial charge on any atom is 0.355 e. The number of rotatable bonds is 6. The zero-order valence-electron chi connectivity index (χ0n) is 21.4. The fourth-order valence-corrected chi connectivity index (χ4v) is 4.56.